The quantitative estimate of drug-likeness (QED) is 0.318. The van der Waals surface area contributed by atoms with Gasteiger partial charge in [0, 0.05) is 16.0 Å². The minimum atomic E-state index is -0.203. The third-order valence-corrected chi connectivity index (χ3v) is 5.84. The van der Waals surface area contributed by atoms with Crippen LogP contribution in [-0.4, -0.2) is 23.0 Å². The first-order valence-electron chi connectivity index (χ1n) is 8.73. The molecule has 6 nitrogen and oxygen atoms in total. The van der Waals surface area contributed by atoms with Crippen LogP contribution in [0.5, 0.6) is 0 Å². The van der Waals surface area contributed by atoms with Crippen molar-refractivity contribution in [2.45, 2.75) is 6.92 Å². The molecule has 154 valence electrons. The average Bonchev–Trinajstić information content (AvgIpc) is 3.33. The van der Waals surface area contributed by atoms with Crippen molar-refractivity contribution in [1.82, 2.24) is 9.97 Å². The van der Waals surface area contributed by atoms with Gasteiger partial charge >= 0.3 is 0 Å². The maximum Gasteiger partial charge on any atom is 0.257 e. The molecule has 1 amide bonds. The minimum Gasteiger partial charge on any atom is -0.495 e. The topological polar surface area (TPSA) is 76.1 Å². The predicted molar refractivity (Wildman–Crippen MR) is 125 cm³/mol. The lowest BCUT2D eigenvalue weighted by atomic mass is 10.2. The fourth-order valence-corrected chi connectivity index (χ4v) is 4.27. The van der Waals surface area contributed by atoms with E-state index in [1.165, 1.54) is 29.8 Å². The van der Waals surface area contributed by atoms with Crippen LogP contribution < -0.4 is 10.6 Å². The summed E-state index contributed by atoms with van der Waals surface area (Å²) in [5, 5.41) is 9.39. The van der Waals surface area contributed by atoms with Gasteiger partial charge in [-0.25, -0.2) is 9.97 Å². The second kappa shape index (κ2) is 9.71. The first kappa shape index (κ1) is 21.8. The van der Waals surface area contributed by atoms with Crippen molar-refractivity contribution in [3.63, 3.8) is 0 Å². The summed E-state index contributed by atoms with van der Waals surface area (Å²) in [5.74, 6) is 0.208. The van der Waals surface area contributed by atoms with Crippen molar-refractivity contribution in [2.24, 2.45) is 0 Å². The lowest BCUT2D eigenvalue weighted by Gasteiger charge is -2.10. The summed E-state index contributed by atoms with van der Waals surface area (Å²) in [6.45, 7) is 9.37. The van der Waals surface area contributed by atoms with Crippen LogP contribution in [0.4, 0.5) is 10.3 Å². The van der Waals surface area contributed by atoms with Crippen LogP contribution in [0.2, 0.25) is 0 Å². The maximum absolute atomic E-state index is 12.4. The number of halogens is 1. The van der Waals surface area contributed by atoms with Crippen LogP contribution in [-0.2, 0) is 4.74 Å². The number of hydrogen-bond donors (Lipinski definition) is 2. The standard InChI is InChI=1S/C21H19ClN4O2S2/c1-12(22)10-16(14(3)28-4)24-20-25-17(11-29-20)18-13(2)23-21(30-18)26-19(27)15-8-6-5-7-9-15/h5-11H,1,3H2,2,4H3,(H,24,25)(H,23,26,27)/b16-10+. The summed E-state index contributed by atoms with van der Waals surface area (Å²) in [5.41, 5.74) is 2.68. The third-order valence-electron chi connectivity index (χ3n) is 3.88. The molecule has 2 N–H and O–H groups in total. The molecule has 0 aliphatic carbocycles. The lowest BCUT2D eigenvalue weighted by molar-refractivity contribution is 0.102. The van der Waals surface area contributed by atoms with E-state index < -0.39 is 0 Å². The van der Waals surface area contributed by atoms with Gasteiger partial charge in [0.15, 0.2) is 10.3 Å². The minimum absolute atomic E-state index is 0.203. The normalized spacial score (nSPS) is 11.1. The molecular weight excluding hydrogens is 440 g/mol. The van der Waals surface area contributed by atoms with Crippen LogP contribution in [0.15, 0.2) is 71.4 Å². The van der Waals surface area contributed by atoms with Gasteiger partial charge < -0.3 is 10.1 Å². The maximum atomic E-state index is 12.4. The third kappa shape index (κ3) is 5.35. The largest absolute Gasteiger partial charge is 0.495 e. The Hall–Kier alpha value is -2.94. The van der Waals surface area contributed by atoms with Crippen molar-refractivity contribution in [3.8, 4) is 10.6 Å². The number of carbonyl (C=O) groups excluding carboxylic acids is 1. The van der Waals surface area contributed by atoms with E-state index in [0.29, 0.717) is 32.3 Å². The van der Waals surface area contributed by atoms with Crippen LogP contribution in [0.3, 0.4) is 0 Å². The number of nitrogens with zero attached hydrogens (tertiary/aromatic N) is 2. The first-order valence-corrected chi connectivity index (χ1v) is 10.8. The summed E-state index contributed by atoms with van der Waals surface area (Å²) in [7, 11) is 1.52. The number of allylic oxidation sites excluding steroid dienone is 2. The molecule has 0 saturated carbocycles. The summed E-state index contributed by atoms with van der Waals surface area (Å²) in [6.07, 6.45) is 1.61. The van der Waals surface area contributed by atoms with Crippen LogP contribution in [0.25, 0.3) is 10.6 Å². The zero-order valence-corrected chi connectivity index (χ0v) is 18.7. The molecule has 0 bridgehead atoms. The molecule has 3 rings (SSSR count). The van der Waals surface area contributed by atoms with E-state index in [0.717, 1.165) is 16.3 Å². The molecule has 2 heterocycles. The Morgan fingerprint density at radius 2 is 1.90 bits per heavy atom. The zero-order valence-electron chi connectivity index (χ0n) is 16.4. The number of aromatic nitrogens is 2. The number of anilines is 2. The van der Waals surface area contributed by atoms with Gasteiger partial charge in [0.05, 0.1) is 29.1 Å². The first-order chi connectivity index (χ1) is 14.4. The number of aryl methyl sites for hydroxylation is 1. The molecule has 30 heavy (non-hydrogen) atoms. The average molecular weight is 459 g/mol. The second-order valence-corrected chi connectivity index (χ2v) is 8.39. The van der Waals surface area contributed by atoms with Crippen LogP contribution in [0.1, 0.15) is 16.1 Å². The van der Waals surface area contributed by atoms with Crippen LogP contribution >= 0.6 is 34.3 Å². The Kier molecular flexibility index (Phi) is 7.04. The molecule has 0 unspecified atom stereocenters. The highest BCUT2D eigenvalue weighted by molar-refractivity contribution is 7.20. The van der Waals surface area contributed by atoms with E-state index in [-0.39, 0.29) is 5.91 Å². The molecule has 0 aliphatic heterocycles. The number of ether oxygens (including phenoxy) is 1. The number of methoxy groups -OCH3 is 1. The van der Waals surface area contributed by atoms with E-state index in [1.54, 1.807) is 18.2 Å². The smallest absolute Gasteiger partial charge is 0.257 e. The molecule has 3 aromatic rings. The fourth-order valence-electron chi connectivity index (χ4n) is 2.45. The summed E-state index contributed by atoms with van der Waals surface area (Å²) in [4.78, 5) is 22.3. The van der Waals surface area contributed by atoms with Gasteiger partial charge in [-0.1, -0.05) is 54.3 Å². The van der Waals surface area contributed by atoms with Gasteiger partial charge in [-0.2, -0.15) is 0 Å². The Balaban J connectivity index is 1.78. The molecule has 2 aromatic heterocycles. The monoisotopic (exact) mass is 458 g/mol. The second-order valence-electron chi connectivity index (χ2n) is 6.05. The highest BCUT2D eigenvalue weighted by Gasteiger charge is 2.16. The van der Waals surface area contributed by atoms with Crippen molar-refractivity contribution in [1.29, 1.82) is 0 Å². The van der Waals surface area contributed by atoms with Crippen molar-refractivity contribution < 1.29 is 9.53 Å². The Morgan fingerprint density at radius 1 is 1.17 bits per heavy atom. The summed E-state index contributed by atoms with van der Waals surface area (Å²) < 4.78 is 5.18. The molecule has 9 heteroatoms. The Morgan fingerprint density at radius 3 is 2.57 bits per heavy atom. The van der Waals surface area contributed by atoms with E-state index in [2.05, 4.69) is 33.8 Å². The molecule has 0 fully saturated rings. The van der Waals surface area contributed by atoms with Gasteiger partial charge in [-0.05, 0) is 25.1 Å². The highest BCUT2D eigenvalue weighted by atomic mass is 35.5. The fraction of sp³-hybridized carbons (Fsp3) is 0.0952. The number of carbonyl (C=O) groups is 1. The number of thiazole rings is 2. The number of benzene rings is 1. The number of hydrogen-bond acceptors (Lipinski definition) is 7. The van der Waals surface area contributed by atoms with Gasteiger partial charge in [0.2, 0.25) is 0 Å². The molecule has 0 atom stereocenters. The Bertz CT molecular complexity index is 1120. The molecule has 0 spiro atoms. The lowest BCUT2D eigenvalue weighted by Crippen LogP contribution is -2.11. The van der Waals surface area contributed by atoms with Crippen molar-refractivity contribution in [3.05, 3.63) is 82.7 Å². The zero-order chi connectivity index (χ0) is 21.7. The van der Waals surface area contributed by atoms with Crippen molar-refractivity contribution >= 4 is 50.4 Å². The SMILES string of the molecule is C=C(Cl)/C=C(/Nc1nc(-c2sc(NC(=O)c3ccccc3)nc2C)cs1)C(=C)OC. The molecule has 0 radical (unpaired) electrons. The summed E-state index contributed by atoms with van der Waals surface area (Å²) >= 11 is 8.67. The van der Waals surface area contributed by atoms with Crippen LogP contribution in [0, 0.1) is 6.92 Å². The predicted octanol–water partition coefficient (Wildman–Crippen LogP) is 6.04. The number of amides is 1. The number of nitrogens with one attached hydrogen (secondary N) is 2. The highest BCUT2D eigenvalue weighted by Crippen LogP contribution is 2.35. The van der Waals surface area contributed by atoms with E-state index in [1.807, 2.05) is 30.5 Å². The van der Waals surface area contributed by atoms with Gasteiger partial charge in [0.25, 0.3) is 5.91 Å². The van der Waals surface area contributed by atoms with E-state index >= 15 is 0 Å². The van der Waals surface area contributed by atoms with Crippen molar-refractivity contribution in [2.75, 3.05) is 17.7 Å². The Labute approximate surface area is 187 Å². The van der Waals surface area contributed by atoms with Gasteiger partial charge in [-0.3, -0.25) is 10.1 Å². The van der Waals surface area contributed by atoms with Gasteiger partial charge in [-0.15, -0.1) is 11.3 Å². The van der Waals surface area contributed by atoms with Gasteiger partial charge in [0.1, 0.15) is 5.76 Å². The molecular formula is C21H19ClN4O2S2. The molecule has 0 aliphatic rings. The van der Waals surface area contributed by atoms with E-state index in [4.69, 9.17) is 16.3 Å². The molecule has 1 aromatic carbocycles. The summed E-state index contributed by atoms with van der Waals surface area (Å²) in [6, 6.07) is 9.00. The van der Waals surface area contributed by atoms with E-state index in [9.17, 15) is 4.79 Å². The number of rotatable bonds is 8. The molecule has 0 saturated heterocycles.